The minimum atomic E-state index is -0.00213. The van der Waals surface area contributed by atoms with Gasteiger partial charge >= 0.3 is 0 Å². The first kappa shape index (κ1) is 14.2. The summed E-state index contributed by atoms with van der Waals surface area (Å²) >= 11 is 5.98. The van der Waals surface area contributed by atoms with E-state index in [1.165, 1.54) is 0 Å². The Bertz CT molecular complexity index is 485. The monoisotopic (exact) mass is 280 g/mol. The van der Waals surface area contributed by atoms with E-state index in [9.17, 15) is 4.79 Å². The van der Waals surface area contributed by atoms with E-state index in [1.54, 1.807) is 18.2 Å². The highest BCUT2D eigenvalue weighted by Crippen LogP contribution is 2.31. The van der Waals surface area contributed by atoms with E-state index in [4.69, 9.17) is 17.3 Å². The zero-order chi connectivity index (χ0) is 14.0. The Labute approximate surface area is 119 Å². The van der Waals surface area contributed by atoms with Crippen molar-refractivity contribution in [3.63, 3.8) is 0 Å². The lowest BCUT2D eigenvalue weighted by atomic mass is 9.85. The molecule has 2 N–H and O–H groups in total. The van der Waals surface area contributed by atoms with E-state index in [1.807, 2.05) is 4.90 Å². The first-order chi connectivity index (χ1) is 8.91. The number of amides is 1. The van der Waals surface area contributed by atoms with E-state index in [2.05, 4.69) is 13.8 Å². The molecule has 104 valence electrons. The molecule has 0 radical (unpaired) electrons. The highest BCUT2D eigenvalue weighted by Gasteiger charge is 2.26. The molecule has 1 aromatic carbocycles. The third kappa shape index (κ3) is 3.21. The first-order valence-electron chi connectivity index (χ1n) is 6.74. The number of rotatable bonds is 1. The van der Waals surface area contributed by atoms with Crippen molar-refractivity contribution < 1.29 is 4.79 Å². The number of carbonyl (C=O) groups is 1. The van der Waals surface area contributed by atoms with Crippen molar-refractivity contribution in [2.24, 2.45) is 5.41 Å². The SMILES string of the molecule is CC1(C)CCCN(C(=O)c2cccc(Cl)c2N)CC1. The van der Waals surface area contributed by atoms with Crippen molar-refractivity contribution in [3.8, 4) is 0 Å². The largest absolute Gasteiger partial charge is 0.397 e. The van der Waals surface area contributed by atoms with Crippen molar-refractivity contribution in [1.82, 2.24) is 4.90 Å². The summed E-state index contributed by atoms with van der Waals surface area (Å²) in [5.74, 6) is -0.00213. The number of nitrogens with zero attached hydrogens (tertiary/aromatic N) is 1. The summed E-state index contributed by atoms with van der Waals surface area (Å²) in [6.07, 6.45) is 3.22. The second-order valence-electron chi connectivity index (χ2n) is 6.01. The molecule has 0 spiro atoms. The Morgan fingerprint density at radius 1 is 1.32 bits per heavy atom. The van der Waals surface area contributed by atoms with Gasteiger partial charge in [-0.1, -0.05) is 31.5 Å². The number of hydrogen-bond donors (Lipinski definition) is 1. The molecule has 0 saturated carbocycles. The maximum Gasteiger partial charge on any atom is 0.255 e. The number of benzene rings is 1. The summed E-state index contributed by atoms with van der Waals surface area (Å²) in [4.78, 5) is 14.4. The number of hydrogen-bond acceptors (Lipinski definition) is 2. The summed E-state index contributed by atoms with van der Waals surface area (Å²) in [6, 6.07) is 5.23. The number of carbonyl (C=O) groups excluding carboxylic acids is 1. The van der Waals surface area contributed by atoms with Gasteiger partial charge in [0.1, 0.15) is 0 Å². The zero-order valence-electron chi connectivity index (χ0n) is 11.6. The van der Waals surface area contributed by atoms with Gasteiger partial charge in [0.05, 0.1) is 16.3 Å². The number of likely N-dealkylation sites (tertiary alicyclic amines) is 1. The topological polar surface area (TPSA) is 46.3 Å². The van der Waals surface area contributed by atoms with Gasteiger partial charge in [0.15, 0.2) is 0 Å². The Morgan fingerprint density at radius 3 is 2.79 bits per heavy atom. The van der Waals surface area contributed by atoms with Crippen molar-refractivity contribution in [3.05, 3.63) is 28.8 Å². The van der Waals surface area contributed by atoms with Gasteiger partial charge in [0, 0.05) is 13.1 Å². The fraction of sp³-hybridized carbons (Fsp3) is 0.533. The Kier molecular flexibility index (Phi) is 4.04. The van der Waals surface area contributed by atoms with Crippen LogP contribution in [-0.2, 0) is 0 Å². The van der Waals surface area contributed by atoms with E-state index >= 15 is 0 Å². The summed E-state index contributed by atoms with van der Waals surface area (Å²) in [5, 5.41) is 0.445. The van der Waals surface area contributed by atoms with E-state index < -0.39 is 0 Å². The summed E-state index contributed by atoms with van der Waals surface area (Å²) < 4.78 is 0. The fourth-order valence-corrected chi connectivity index (χ4v) is 2.69. The van der Waals surface area contributed by atoms with Crippen LogP contribution in [0.2, 0.25) is 5.02 Å². The third-order valence-electron chi connectivity index (χ3n) is 3.91. The molecule has 0 aromatic heterocycles. The molecular formula is C15H21ClN2O. The van der Waals surface area contributed by atoms with Crippen LogP contribution < -0.4 is 5.73 Å². The molecule has 2 rings (SSSR count). The molecule has 3 nitrogen and oxygen atoms in total. The van der Waals surface area contributed by atoms with Crippen LogP contribution in [0, 0.1) is 5.41 Å². The van der Waals surface area contributed by atoms with Gasteiger partial charge in [-0.25, -0.2) is 0 Å². The number of nitrogen functional groups attached to an aromatic ring is 1. The van der Waals surface area contributed by atoms with E-state index in [0.29, 0.717) is 21.7 Å². The molecule has 1 aromatic rings. The molecule has 4 heteroatoms. The van der Waals surface area contributed by atoms with Gasteiger partial charge in [0.2, 0.25) is 0 Å². The molecule has 1 saturated heterocycles. The van der Waals surface area contributed by atoms with Crippen molar-refractivity contribution >= 4 is 23.2 Å². The number of nitrogens with two attached hydrogens (primary N) is 1. The number of halogens is 1. The standard InChI is InChI=1S/C15H21ClN2O/c1-15(2)7-4-9-18(10-8-15)14(19)11-5-3-6-12(16)13(11)17/h3,5-6H,4,7-10,17H2,1-2H3. The summed E-state index contributed by atoms with van der Waals surface area (Å²) in [6.45, 7) is 6.11. The van der Waals surface area contributed by atoms with Crippen molar-refractivity contribution in [2.75, 3.05) is 18.8 Å². The Balaban J connectivity index is 2.18. The lowest BCUT2D eigenvalue weighted by molar-refractivity contribution is 0.0758. The van der Waals surface area contributed by atoms with Gasteiger partial charge in [-0.3, -0.25) is 4.79 Å². The van der Waals surface area contributed by atoms with Crippen molar-refractivity contribution in [2.45, 2.75) is 33.1 Å². The van der Waals surface area contributed by atoms with Crippen LogP contribution in [0.25, 0.3) is 0 Å². The van der Waals surface area contributed by atoms with Crippen LogP contribution >= 0.6 is 11.6 Å². The lowest BCUT2D eigenvalue weighted by Crippen LogP contribution is -2.32. The minimum Gasteiger partial charge on any atom is -0.397 e. The third-order valence-corrected chi connectivity index (χ3v) is 4.24. The highest BCUT2D eigenvalue weighted by molar-refractivity contribution is 6.33. The number of para-hydroxylation sites is 1. The maximum atomic E-state index is 12.5. The fourth-order valence-electron chi connectivity index (χ4n) is 2.52. The average Bonchev–Trinajstić information content (AvgIpc) is 2.53. The number of anilines is 1. The van der Waals surface area contributed by atoms with Crippen molar-refractivity contribution in [1.29, 1.82) is 0 Å². The summed E-state index contributed by atoms with van der Waals surface area (Å²) in [7, 11) is 0. The normalized spacial score (nSPS) is 19.0. The van der Waals surface area contributed by atoms with E-state index in [0.717, 1.165) is 32.4 Å². The molecule has 1 heterocycles. The minimum absolute atomic E-state index is 0.00213. The van der Waals surface area contributed by atoms with Crippen LogP contribution in [0.1, 0.15) is 43.5 Å². The van der Waals surface area contributed by atoms with Crippen LogP contribution in [0.4, 0.5) is 5.69 Å². The second kappa shape index (κ2) is 5.41. The molecule has 0 aliphatic carbocycles. The average molecular weight is 281 g/mol. The predicted octanol–water partition coefficient (Wildman–Crippen LogP) is 3.57. The van der Waals surface area contributed by atoms with Gasteiger partial charge in [-0.15, -0.1) is 0 Å². The Hall–Kier alpha value is -1.22. The molecule has 1 aliphatic heterocycles. The Morgan fingerprint density at radius 2 is 2.05 bits per heavy atom. The van der Waals surface area contributed by atoms with E-state index in [-0.39, 0.29) is 5.91 Å². The molecule has 0 bridgehead atoms. The summed E-state index contributed by atoms with van der Waals surface area (Å²) in [5.41, 5.74) is 7.12. The lowest BCUT2D eigenvalue weighted by Gasteiger charge is -2.24. The highest BCUT2D eigenvalue weighted by atomic mass is 35.5. The van der Waals surface area contributed by atoms with Gasteiger partial charge in [-0.05, 0) is 36.8 Å². The van der Waals surface area contributed by atoms with Crippen LogP contribution in [-0.4, -0.2) is 23.9 Å². The molecule has 1 aliphatic rings. The first-order valence-corrected chi connectivity index (χ1v) is 7.12. The van der Waals surface area contributed by atoms with Crippen LogP contribution in [0.5, 0.6) is 0 Å². The molecule has 1 amide bonds. The molecule has 0 unspecified atom stereocenters. The van der Waals surface area contributed by atoms with Crippen LogP contribution in [0.3, 0.4) is 0 Å². The predicted molar refractivity (Wildman–Crippen MR) is 79.4 cm³/mol. The zero-order valence-corrected chi connectivity index (χ0v) is 12.3. The molecule has 19 heavy (non-hydrogen) atoms. The van der Waals surface area contributed by atoms with Crippen LogP contribution in [0.15, 0.2) is 18.2 Å². The van der Waals surface area contributed by atoms with Gasteiger partial charge in [-0.2, -0.15) is 0 Å². The quantitative estimate of drug-likeness (QED) is 0.799. The second-order valence-corrected chi connectivity index (χ2v) is 6.42. The maximum absolute atomic E-state index is 12.5. The van der Waals surface area contributed by atoms with Gasteiger partial charge in [0.25, 0.3) is 5.91 Å². The van der Waals surface area contributed by atoms with Gasteiger partial charge < -0.3 is 10.6 Å². The smallest absolute Gasteiger partial charge is 0.255 e. The molecule has 1 fully saturated rings. The molecular weight excluding hydrogens is 260 g/mol. The molecule has 0 atom stereocenters.